The minimum atomic E-state index is -0.266. The summed E-state index contributed by atoms with van der Waals surface area (Å²) in [6, 6.07) is 10.7. The van der Waals surface area contributed by atoms with E-state index in [0.29, 0.717) is 21.8 Å². The van der Waals surface area contributed by atoms with Crippen LogP contribution in [0.4, 0.5) is 5.69 Å². The van der Waals surface area contributed by atoms with Gasteiger partial charge in [-0.2, -0.15) is 0 Å². The van der Waals surface area contributed by atoms with Crippen LogP contribution in [0.25, 0.3) is 0 Å². The van der Waals surface area contributed by atoms with Gasteiger partial charge in [-0.3, -0.25) is 4.79 Å². The summed E-state index contributed by atoms with van der Waals surface area (Å²) in [4.78, 5) is 15.8. The molecular formula is C14H13BrN2O3. The highest BCUT2D eigenvalue weighted by Crippen LogP contribution is 2.22. The summed E-state index contributed by atoms with van der Waals surface area (Å²) in [5.74, 6) is 0.868. The van der Waals surface area contributed by atoms with Crippen molar-refractivity contribution in [2.75, 3.05) is 19.0 Å². The molecule has 0 aliphatic heterocycles. The van der Waals surface area contributed by atoms with Crippen LogP contribution < -0.4 is 14.8 Å². The molecule has 1 N–H and O–H groups in total. The van der Waals surface area contributed by atoms with Gasteiger partial charge in [-0.25, -0.2) is 4.98 Å². The van der Waals surface area contributed by atoms with E-state index in [9.17, 15) is 4.79 Å². The Bertz CT molecular complexity index is 587. The number of nitrogens with one attached hydrogen (secondary N) is 1. The number of methoxy groups -OCH3 is 1. The highest BCUT2D eigenvalue weighted by atomic mass is 79.9. The molecule has 0 fully saturated rings. The summed E-state index contributed by atoms with van der Waals surface area (Å²) in [6.45, 7) is -0.0959. The molecule has 0 atom stereocenters. The maximum absolute atomic E-state index is 11.8. The van der Waals surface area contributed by atoms with Crippen LogP contribution in [-0.2, 0) is 4.79 Å². The Hall–Kier alpha value is -2.08. The Morgan fingerprint density at radius 3 is 2.80 bits per heavy atom. The zero-order valence-corrected chi connectivity index (χ0v) is 12.4. The fourth-order valence-electron chi connectivity index (χ4n) is 1.53. The smallest absolute Gasteiger partial charge is 0.262 e. The summed E-state index contributed by atoms with van der Waals surface area (Å²) in [7, 11) is 1.55. The average molecular weight is 337 g/mol. The number of rotatable bonds is 5. The van der Waals surface area contributed by atoms with Crippen molar-refractivity contribution >= 4 is 27.5 Å². The number of carbonyl (C=O) groups excluding carboxylic acids is 1. The SMILES string of the molecule is COc1ccccc1NC(=O)COc1ccc(Br)nc1. The van der Waals surface area contributed by atoms with Gasteiger partial charge in [0.1, 0.15) is 16.1 Å². The number of hydrogen-bond donors (Lipinski definition) is 1. The number of para-hydroxylation sites is 2. The Balaban J connectivity index is 1.91. The molecule has 0 radical (unpaired) electrons. The lowest BCUT2D eigenvalue weighted by atomic mass is 10.3. The van der Waals surface area contributed by atoms with E-state index in [2.05, 4.69) is 26.2 Å². The fraction of sp³-hybridized carbons (Fsp3) is 0.143. The average Bonchev–Trinajstić information content (AvgIpc) is 2.47. The van der Waals surface area contributed by atoms with Crippen molar-refractivity contribution in [1.82, 2.24) is 4.98 Å². The van der Waals surface area contributed by atoms with E-state index >= 15 is 0 Å². The first kappa shape index (κ1) is 14.3. The van der Waals surface area contributed by atoms with Crippen molar-refractivity contribution in [2.24, 2.45) is 0 Å². The predicted molar refractivity (Wildman–Crippen MR) is 79.1 cm³/mol. The first-order chi connectivity index (χ1) is 9.69. The van der Waals surface area contributed by atoms with Crippen LogP contribution in [0.2, 0.25) is 0 Å². The maximum Gasteiger partial charge on any atom is 0.262 e. The van der Waals surface area contributed by atoms with Crippen LogP contribution in [0.15, 0.2) is 47.2 Å². The summed E-state index contributed by atoms with van der Waals surface area (Å²) in [6.07, 6.45) is 1.54. The number of anilines is 1. The Morgan fingerprint density at radius 1 is 1.30 bits per heavy atom. The third kappa shape index (κ3) is 3.96. The normalized spacial score (nSPS) is 9.90. The Labute approximate surface area is 125 Å². The van der Waals surface area contributed by atoms with Gasteiger partial charge in [-0.1, -0.05) is 12.1 Å². The number of hydrogen-bond acceptors (Lipinski definition) is 4. The number of ether oxygens (including phenoxy) is 2. The molecule has 1 aromatic carbocycles. The summed E-state index contributed by atoms with van der Waals surface area (Å²) in [5, 5.41) is 2.72. The van der Waals surface area contributed by atoms with Crippen LogP contribution >= 0.6 is 15.9 Å². The minimum Gasteiger partial charge on any atom is -0.495 e. The molecule has 1 amide bonds. The number of benzene rings is 1. The van der Waals surface area contributed by atoms with Gasteiger partial charge >= 0.3 is 0 Å². The summed E-state index contributed by atoms with van der Waals surface area (Å²) in [5.41, 5.74) is 0.609. The highest BCUT2D eigenvalue weighted by molar-refractivity contribution is 9.10. The van der Waals surface area contributed by atoms with E-state index in [0.717, 1.165) is 0 Å². The molecule has 0 saturated carbocycles. The second-order valence-corrected chi connectivity index (χ2v) is 4.67. The van der Waals surface area contributed by atoms with E-state index < -0.39 is 0 Å². The van der Waals surface area contributed by atoms with Gasteiger partial charge in [-0.05, 0) is 40.2 Å². The summed E-state index contributed by atoms with van der Waals surface area (Å²) < 4.78 is 11.2. The van der Waals surface area contributed by atoms with E-state index in [-0.39, 0.29) is 12.5 Å². The van der Waals surface area contributed by atoms with Crippen LogP contribution in [-0.4, -0.2) is 24.6 Å². The van der Waals surface area contributed by atoms with Gasteiger partial charge in [0.2, 0.25) is 0 Å². The topological polar surface area (TPSA) is 60.5 Å². The van der Waals surface area contributed by atoms with E-state index in [1.165, 1.54) is 0 Å². The second-order valence-electron chi connectivity index (χ2n) is 3.85. The van der Waals surface area contributed by atoms with Crippen LogP contribution in [0, 0.1) is 0 Å². The Morgan fingerprint density at radius 2 is 2.10 bits per heavy atom. The van der Waals surface area contributed by atoms with Crippen molar-refractivity contribution in [1.29, 1.82) is 0 Å². The molecule has 1 heterocycles. The zero-order chi connectivity index (χ0) is 14.4. The standard InChI is InChI=1S/C14H13BrN2O3/c1-19-12-5-3-2-4-11(12)17-14(18)9-20-10-6-7-13(15)16-8-10/h2-8H,9H2,1H3,(H,17,18). The molecule has 20 heavy (non-hydrogen) atoms. The molecule has 0 aliphatic rings. The lowest BCUT2D eigenvalue weighted by Gasteiger charge is -2.10. The molecule has 1 aromatic heterocycles. The van der Waals surface area contributed by atoms with Crippen LogP contribution in [0.3, 0.4) is 0 Å². The summed E-state index contributed by atoms with van der Waals surface area (Å²) >= 11 is 3.23. The molecule has 5 nitrogen and oxygen atoms in total. The van der Waals surface area contributed by atoms with Crippen molar-refractivity contribution in [2.45, 2.75) is 0 Å². The van der Waals surface area contributed by atoms with Crippen molar-refractivity contribution < 1.29 is 14.3 Å². The number of aromatic nitrogens is 1. The molecule has 6 heteroatoms. The molecule has 104 valence electrons. The Kier molecular flexibility index (Phi) is 4.95. The number of pyridine rings is 1. The van der Waals surface area contributed by atoms with Gasteiger partial charge < -0.3 is 14.8 Å². The maximum atomic E-state index is 11.8. The molecule has 2 aromatic rings. The molecule has 0 unspecified atom stereocenters. The number of amides is 1. The van der Waals surface area contributed by atoms with Gasteiger partial charge in [0.15, 0.2) is 6.61 Å². The van der Waals surface area contributed by atoms with Crippen molar-refractivity contribution in [3.63, 3.8) is 0 Å². The fourth-order valence-corrected chi connectivity index (χ4v) is 1.77. The monoisotopic (exact) mass is 336 g/mol. The van der Waals surface area contributed by atoms with E-state index in [1.807, 2.05) is 12.1 Å². The highest BCUT2D eigenvalue weighted by Gasteiger charge is 2.07. The van der Waals surface area contributed by atoms with Crippen LogP contribution in [0.5, 0.6) is 11.5 Å². The predicted octanol–water partition coefficient (Wildman–Crippen LogP) is 2.87. The largest absolute Gasteiger partial charge is 0.495 e. The van der Waals surface area contributed by atoms with E-state index in [1.54, 1.807) is 37.6 Å². The third-order valence-corrected chi connectivity index (χ3v) is 2.92. The van der Waals surface area contributed by atoms with Crippen LogP contribution in [0.1, 0.15) is 0 Å². The second kappa shape index (κ2) is 6.91. The van der Waals surface area contributed by atoms with Crippen molar-refractivity contribution in [3.05, 3.63) is 47.2 Å². The van der Waals surface area contributed by atoms with E-state index in [4.69, 9.17) is 9.47 Å². The quantitative estimate of drug-likeness (QED) is 0.853. The first-order valence-corrected chi connectivity index (χ1v) is 6.65. The third-order valence-electron chi connectivity index (χ3n) is 2.45. The van der Waals surface area contributed by atoms with Gasteiger partial charge in [0.05, 0.1) is 19.0 Å². The molecular weight excluding hydrogens is 324 g/mol. The number of nitrogens with zero attached hydrogens (tertiary/aromatic N) is 1. The molecule has 2 rings (SSSR count). The number of carbonyl (C=O) groups is 1. The molecule has 0 aliphatic carbocycles. The zero-order valence-electron chi connectivity index (χ0n) is 10.8. The van der Waals surface area contributed by atoms with Gasteiger partial charge in [-0.15, -0.1) is 0 Å². The van der Waals surface area contributed by atoms with Gasteiger partial charge in [0, 0.05) is 0 Å². The minimum absolute atomic E-state index is 0.0959. The van der Waals surface area contributed by atoms with Crippen molar-refractivity contribution in [3.8, 4) is 11.5 Å². The molecule has 0 bridgehead atoms. The first-order valence-electron chi connectivity index (χ1n) is 5.86. The lowest BCUT2D eigenvalue weighted by molar-refractivity contribution is -0.118. The number of halogens is 1. The lowest BCUT2D eigenvalue weighted by Crippen LogP contribution is -2.20. The molecule has 0 spiro atoms. The molecule has 0 saturated heterocycles. The van der Waals surface area contributed by atoms with Gasteiger partial charge in [0.25, 0.3) is 5.91 Å².